The Morgan fingerprint density at radius 3 is 2.23 bits per heavy atom. The van der Waals surface area contributed by atoms with Crippen LogP contribution in [0.15, 0.2) is 24.3 Å². The smallest absolute Gasteiger partial charge is 0.292 e. The third-order valence-electron chi connectivity index (χ3n) is 4.96. The summed E-state index contributed by atoms with van der Waals surface area (Å²) in [5.74, 6) is 1.16. The van der Waals surface area contributed by atoms with E-state index < -0.39 is 0 Å². The summed E-state index contributed by atoms with van der Waals surface area (Å²) in [5, 5.41) is 0. The number of likely N-dealkylation sites (tertiary alicyclic amines) is 1. The lowest BCUT2D eigenvalue weighted by Crippen LogP contribution is -3.18. The molecule has 0 saturated carbocycles. The first-order valence-electron chi connectivity index (χ1n) is 8.23. The van der Waals surface area contributed by atoms with Crippen molar-refractivity contribution in [1.29, 1.82) is 0 Å². The van der Waals surface area contributed by atoms with Crippen molar-refractivity contribution in [1.82, 2.24) is 0 Å². The number of imide groups is 1. The van der Waals surface area contributed by atoms with Crippen molar-refractivity contribution in [2.75, 3.05) is 18.0 Å². The number of piperidine rings is 1. The van der Waals surface area contributed by atoms with Gasteiger partial charge in [-0.2, -0.15) is 0 Å². The van der Waals surface area contributed by atoms with E-state index in [9.17, 15) is 9.59 Å². The number of quaternary nitrogens is 1. The Labute approximate surface area is 132 Å². The number of carbonyl (C=O) groups is 2. The van der Waals surface area contributed by atoms with Gasteiger partial charge in [-0.1, -0.05) is 31.5 Å². The molecular formula is C18H25N2O2+. The largest absolute Gasteiger partial charge is 0.324 e. The number of rotatable bonds is 2. The summed E-state index contributed by atoms with van der Waals surface area (Å²) in [6.07, 6.45) is 1.57. The molecule has 2 heterocycles. The van der Waals surface area contributed by atoms with Crippen LogP contribution in [0.3, 0.4) is 0 Å². The number of aryl methyl sites for hydroxylation is 1. The number of carbonyl (C=O) groups excluding carboxylic acids is 2. The molecule has 0 spiro atoms. The molecule has 0 aliphatic carbocycles. The molecule has 2 fully saturated rings. The monoisotopic (exact) mass is 301 g/mol. The molecule has 1 aromatic rings. The van der Waals surface area contributed by atoms with E-state index in [2.05, 4.69) is 13.8 Å². The fourth-order valence-electron chi connectivity index (χ4n) is 4.03. The first-order valence-corrected chi connectivity index (χ1v) is 8.23. The van der Waals surface area contributed by atoms with Crippen molar-refractivity contribution in [2.45, 2.75) is 39.7 Å². The average molecular weight is 301 g/mol. The molecule has 0 unspecified atom stereocenters. The van der Waals surface area contributed by atoms with Gasteiger partial charge in [0.15, 0.2) is 6.04 Å². The van der Waals surface area contributed by atoms with Crippen LogP contribution in [0.2, 0.25) is 0 Å². The van der Waals surface area contributed by atoms with Gasteiger partial charge in [-0.15, -0.1) is 0 Å². The summed E-state index contributed by atoms with van der Waals surface area (Å²) in [7, 11) is 0. The Balaban J connectivity index is 1.80. The maximum Gasteiger partial charge on any atom is 0.292 e. The topological polar surface area (TPSA) is 41.8 Å². The van der Waals surface area contributed by atoms with E-state index in [1.54, 1.807) is 0 Å². The Morgan fingerprint density at radius 1 is 1.05 bits per heavy atom. The van der Waals surface area contributed by atoms with E-state index in [-0.39, 0.29) is 17.9 Å². The number of anilines is 1. The minimum atomic E-state index is -0.195. The number of amides is 2. The van der Waals surface area contributed by atoms with Gasteiger partial charge in [0.05, 0.1) is 25.2 Å². The minimum absolute atomic E-state index is 0.0230. The van der Waals surface area contributed by atoms with Crippen LogP contribution < -0.4 is 9.80 Å². The Kier molecular flexibility index (Phi) is 4.04. The highest BCUT2D eigenvalue weighted by atomic mass is 16.2. The molecule has 3 atom stereocenters. The third kappa shape index (κ3) is 2.80. The second-order valence-electron chi connectivity index (χ2n) is 7.17. The number of hydrogen-bond acceptors (Lipinski definition) is 2. The van der Waals surface area contributed by atoms with E-state index in [4.69, 9.17) is 0 Å². The highest BCUT2D eigenvalue weighted by Gasteiger charge is 2.47. The summed E-state index contributed by atoms with van der Waals surface area (Å²) in [6, 6.07) is 7.43. The zero-order valence-electron chi connectivity index (χ0n) is 13.6. The van der Waals surface area contributed by atoms with E-state index >= 15 is 0 Å². The zero-order chi connectivity index (χ0) is 15.9. The average Bonchev–Trinajstić information content (AvgIpc) is 2.74. The molecule has 2 amide bonds. The van der Waals surface area contributed by atoms with Crippen molar-refractivity contribution in [2.24, 2.45) is 11.8 Å². The lowest BCUT2D eigenvalue weighted by Gasteiger charge is -2.34. The summed E-state index contributed by atoms with van der Waals surface area (Å²) < 4.78 is 0. The number of nitrogens with one attached hydrogen (secondary N) is 1. The normalized spacial score (nSPS) is 32.6. The first kappa shape index (κ1) is 15.2. The highest BCUT2D eigenvalue weighted by Crippen LogP contribution is 2.23. The van der Waals surface area contributed by atoms with Gasteiger partial charge in [-0.3, -0.25) is 9.59 Å². The molecule has 0 radical (unpaired) electrons. The molecule has 2 aliphatic rings. The van der Waals surface area contributed by atoms with Gasteiger partial charge in [0, 0.05) is 11.8 Å². The van der Waals surface area contributed by atoms with Crippen molar-refractivity contribution in [3.05, 3.63) is 29.8 Å². The Morgan fingerprint density at radius 2 is 1.64 bits per heavy atom. The molecule has 1 N–H and O–H groups in total. The lowest BCUT2D eigenvalue weighted by molar-refractivity contribution is -0.926. The molecule has 22 heavy (non-hydrogen) atoms. The molecule has 0 bridgehead atoms. The molecule has 0 aromatic heterocycles. The summed E-state index contributed by atoms with van der Waals surface area (Å²) in [5.41, 5.74) is 1.84. The fraction of sp³-hybridized carbons (Fsp3) is 0.556. The maximum atomic E-state index is 12.8. The van der Waals surface area contributed by atoms with Gasteiger partial charge in [-0.05, 0) is 25.5 Å². The number of benzene rings is 1. The van der Waals surface area contributed by atoms with Crippen molar-refractivity contribution in [3.8, 4) is 0 Å². The molecule has 118 valence electrons. The second kappa shape index (κ2) is 5.84. The number of nitrogens with zero attached hydrogens (tertiary/aromatic N) is 1. The quantitative estimate of drug-likeness (QED) is 0.834. The van der Waals surface area contributed by atoms with E-state index in [1.807, 2.05) is 31.2 Å². The molecule has 4 heteroatoms. The van der Waals surface area contributed by atoms with Gasteiger partial charge < -0.3 is 4.90 Å². The van der Waals surface area contributed by atoms with Crippen LogP contribution in [0.4, 0.5) is 5.69 Å². The predicted octanol–water partition coefficient (Wildman–Crippen LogP) is 1.19. The zero-order valence-corrected chi connectivity index (χ0v) is 13.6. The maximum absolute atomic E-state index is 12.8. The van der Waals surface area contributed by atoms with Crippen molar-refractivity contribution < 1.29 is 14.5 Å². The molecule has 4 nitrogen and oxygen atoms in total. The van der Waals surface area contributed by atoms with Crippen LogP contribution >= 0.6 is 0 Å². The van der Waals surface area contributed by atoms with Crippen molar-refractivity contribution in [3.63, 3.8) is 0 Å². The van der Waals surface area contributed by atoms with Crippen molar-refractivity contribution >= 4 is 17.5 Å². The molecular weight excluding hydrogens is 276 g/mol. The van der Waals surface area contributed by atoms with Gasteiger partial charge in [0.2, 0.25) is 5.91 Å². The molecule has 2 aliphatic heterocycles. The van der Waals surface area contributed by atoms with Crippen LogP contribution in [0, 0.1) is 18.8 Å². The van der Waals surface area contributed by atoms with Crippen LogP contribution in [0.1, 0.15) is 32.3 Å². The Hall–Kier alpha value is -1.68. The number of hydrogen-bond donors (Lipinski definition) is 1. The summed E-state index contributed by atoms with van der Waals surface area (Å²) in [4.78, 5) is 27.9. The summed E-state index contributed by atoms with van der Waals surface area (Å²) >= 11 is 0. The lowest BCUT2D eigenvalue weighted by atomic mass is 9.90. The fourth-order valence-corrected chi connectivity index (χ4v) is 4.03. The van der Waals surface area contributed by atoms with Gasteiger partial charge >= 0.3 is 0 Å². The SMILES string of the molecule is Cc1ccc(N2C(=O)C[C@H]([NH+]3C[C@@H](C)C[C@H](C)C3)C2=O)cc1. The standard InChI is InChI=1S/C18H24N2O2/c1-12-4-6-15(7-5-12)20-17(21)9-16(18(20)22)19-10-13(2)8-14(3)11-19/h4-7,13-14,16H,8-11H2,1-3H3/p+1/t13-,14-,16-/m0/s1. The van der Waals surface area contributed by atoms with E-state index in [0.29, 0.717) is 23.9 Å². The molecule has 3 rings (SSSR count). The predicted molar refractivity (Wildman–Crippen MR) is 85.7 cm³/mol. The van der Waals surface area contributed by atoms with Crippen LogP contribution in [-0.4, -0.2) is 30.9 Å². The van der Waals surface area contributed by atoms with Gasteiger partial charge in [-0.25, -0.2) is 4.90 Å². The minimum Gasteiger partial charge on any atom is -0.324 e. The first-order chi connectivity index (χ1) is 10.5. The van der Waals surface area contributed by atoms with E-state index in [1.165, 1.54) is 16.2 Å². The molecule has 1 aromatic carbocycles. The van der Waals surface area contributed by atoms with Crippen LogP contribution in [0.5, 0.6) is 0 Å². The second-order valence-corrected chi connectivity index (χ2v) is 7.17. The van der Waals surface area contributed by atoms with Crippen LogP contribution in [0.25, 0.3) is 0 Å². The Bertz CT molecular complexity index is 571. The van der Waals surface area contributed by atoms with Gasteiger partial charge in [0.1, 0.15) is 0 Å². The van der Waals surface area contributed by atoms with Crippen LogP contribution in [-0.2, 0) is 9.59 Å². The van der Waals surface area contributed by atoms with E-state index in [0.717, 1.165) is 18.7 Å². The van der Waals surface area contributed by atoms with Gasteiger partial charge in [0.25, 0.3) is 5.91 Å². The molecule has 2 saturated heterocycles. The highest BCUT2D eigenvalue weighted by molar-refractivity contribution is 6.21. The summed E-state index contributed by atoms with van der Waals surface area (Å²) in [6.45, 7) is 8.48. The third-order valence-corrected chi connectivity index (χ3v) is 4.96.